The highest BCUT2D eigenvalue weighted by molar-refractivity contribution is 5.72. The van der Waals surface area contributed by atoms with Crippen molar-refractivity contribution in [2.24, 2.45) is 0 Å². The smallest absolute Gasteiger partial charge is 0.311 e. The highest BCUT2D eigenvalue weighted by Gasteiger charge is 2.03. The Labute approximate surface area is 91.3 Å². The molecule has 1 rings (SSSR count). The number of aryl methyl sites for hydroxylation is 1. The van der Waals surface area contributed by atoms with Crippen molar-refractivity contribution in [1.82, 2.24) is 0 Å². The predicted molar refractivity (Wildman–Crippen MR) is 61.0 cm³/mol. The molecular weight excluding hydrogens is 188 g/mol. The van der Waals surface area contributed by atoms with Crippen molar-refractivity contribution in [3.63, 3.8) is 0 Å². The summed E-state index contributed by atoms with van der Waals surface area (Å²) in [4.78, 5) is 11.3. The van der Waals surface area contributed by atoms with Crippen LogP contribution in [0.1, 0.15) is 38.7 Å². The van der Waals surface area contributed by atoms with E-state index in [1.165, 1.54) is 5.56 Å². The number of esters is 1. The number of carbonyl (C=O) groups excluding carboxylic acids is 1. The van der Waals surface area contributed by atoms with Crippen molar-refractivity contribution in [3.8, 4) is 5.75 Å². The molecule has 0 N–H and O–H groups in total. The zero-order valence-electron chi connectivity index (χ0n) is 9.45. The maximum Gasteiger partial charge on any atom is 0.311 e. The summed E-state index contributed by atoms with van der Waals surface area (Å²) < 4.78 is 5.20. The standard InChI is InChI=1S/C13H18O2/c1-3-6-11-8-5-9-12(10-11)15-13(14)7-4-2/h5,8-10H,3-4,6-7H2,1-2H3. The minimum Gasteiger partial charge on any atom is -0.427 e. The molecule has 0 unspecified atom stereocenters. The van der Waals surface area contributed by atoms with Gasteiger partial charge in [-0.1, -0.05) is 32.4 Å². The molecule has 15 heavy (non-hydrogen) atoms. The van der Waals surface area contributed by atoms with Crippen LogP contribution in [-0.2, 0) is 11.2 Å². The monoisotopic (exact) mass is 206 g/mol. The molecule has 0 aliphatic carbocycles. The maximum atomic E-state index is 11.3. The Morgan fingerprint density at radius 1 is 1.27 bits per heavy atom. The summed E-state index contributed by atoms with van der Waals surface area (Å²) in [5.74, 6) is 0.519. The van der Waals surface area contributed by atoms with Crippen LogP contribution in [0.3, 0.4) is 0 Å². The van der Waals surface area contributed by atoms with Crippen molar-refractivity contribution in [2.75, 3.05) is 0 Å². The minimum atomic E-state index is -0.147. The fraction of sp³-hybridized carbons (Fsp3) is 0.462. The van der Waals surface area contributed by atoms with E-state index >= 15 is 0 Å². The number of benzene rings is 1. The van der Waals surface area contributed by atoms with Gasteiger partial charge in [0.15, 0.2) is 0 Å². The van der Waals surface area contributed by atoms with E-state index < -0.39 is 0 Å². The van der Waals surface area contributed by atoms with Gasteiger partial charge in [-0.25, -0.2) is 0 Å². The summed E-state index contributed by atoms with van der Waals surface area (Å²) in [7, 11) is 0. The second kappa shape index (κ2) is 6.23. The van der Waals surface area contributed by atoms with Crippen LogP contribution in [0.5, 0.6) is 5.75 Å². The summed E-state index contributed by atoms with van der Waals surface area (Å²) >= 11 is 0. The van der Waals surface area contributed by atoms with Crippen LogP contribution in [0.25, 0.3) is 0 Å². The second-order valence-corrected chi connectivity index (χ2v) is 3.62. The third-order valence-electron chi connectivity index (χ3n) is 2.12. The number of rotatable bonds is 5. The van der Waals surface area contributed by atoms with Crippen LogP contribution < -0.4 is 4.74 Å². The Morgan fingerprint density at radius 3 is 2.73 bits per heavy atom. The van der Waals surface area contributed by atoms with Crippen LogP contribution in [0, 0.1) is 0 Å². The second-order valence-electron chi connectivity index (χ2n) is 3.62. The molecule has 0 heterocycles. The molecule has 0 radical (unpaired) electrons. The minimum absolute atomic E-state index is 0.147. The predicted octanol–water partition coefficient (Wildman–Crippen LogP) is 3.34. The highest BCUT2D eigenvalue weighted by Crippen LogP contribution is 2.15. The molecule has 2 nitrogen and oxygen atoms in total. The van der Waals surface area contributed by atoms with E-state index in [-0.39, 0.29) is 5.97 Å². The topological polar surface area (TPSA) is 26.3 Å². The quantitative estimate of drug-likeness (QED) is 0.545. The Balaban J connectivity index is 2.60. The lowest BCUT2D eigenvalue weighted by Gasteiger charge is -2.05. The average Bonchev–Trinajstić information content (AvgIpc) is 2.19. The maximum absolute atomic E-state index is 11.3. The third-order valence-corrected chi connectivity index (χ3v) is 2.12. The number of hydrogen-bond acceptors (Lipinski definition) is 2. The molecule has 0 saturated carbocycles. The summed E-state index contributed by atoms with van der Waals surface area (Å²) in [6.45, 7) is 4.10. The Hall–Kier alpha value is -1.31. The van der Waals surface area contributed by atoms with E-state index in [0.717, 1.165) is 19.3 Å². The van der Waals surface area contributed by atoms with Crippen LogP contribution >= 0.6 is 0 Å². The molecule has 0 bridgehead atoms. The molecule has 0 fully saturated rings. The molecule has 0 aliphatic heterocycles. The fourth-order valence-corrected chi connectivity index (χ4v) is 1.44. The molecule has 0 aliphatic rings. The van der Waals surface area contributed by atoms with E-state index in [4.69, 9.17) is 4.74 Å². The first kappa shape index (κ1) is 11.8. The van der Waals surface area contributed by atoms with Gasteiger partial charge >= 0.3 is 5.97 Å². The van der Waals surface area contributed by atoms with Gasteiger partial charge in [0.2, 0.25) is 0 Å². The lowest BCUT2D eigenvalue weighted by molar-refractivity contribution is -0.134. The molecule has 2 heteroatoms. The van der Waals surface area contributed by atoms with Gasteiger partial charge < -0.3 is 4.74 Å². The highest BCUT2D eigenvalue weighted by atomic mass is 16.5. The lowest BCUT2D eigenvalue weighted by Crippen LogP contribution is -2.06. The molecule has 0 amide bonds. The molecule has 1 aromatic carbocycles. The van der Waals surface area contributed by atoms with Crippen molar-refractivity contribution >= 4 is 5.97 Å². The molecule has 0 saturated heterocycles. The van der Waals surface area contributed by atoms with Gasteiger partial charge in [0, 0.05) is 6.42 Å². The Bertz CT molecular complexity index is 318. The van der Waals surface area contributed by atoms with E-state index in [1.54, 1.807) is 0 Å². The first-order valence-corrected chi connectivity index (χ1v) is 5.56. The first-order chi connectivity index (χ1) is 7.26. The van der Waals surface area contributed by atoms with Crippen LogP contribution in [0.15, 0.2) is 24.3 Å². The van der Waals surface area contributed by atoms with Gasteiger partial charge in [-0.05, 0) is 30.5 Å². The summed E-state index contributed by atoms with van der Waals surface area (Å²) in [5.41, 5.74) is 1.22. The van der Waals surface area contributed by atoms with Gasteiger partial charge in [0.1, 0.15) is 5.75 Å². The summed E-state index contributed by atoms with van der Waals surface area (Å²) in [5, 5.41) is 0. The number of carbonyl (C=O) groups is 1. The molecule has 1 aromatic rings. The van der Waals surface area contributed by atoms with Crippen molar-refractivity contribution in [3.05, 3.63) is 29.8 Å². The van der Waals surface area contributed by atoms with E-state index in [0.29, 0.717) is 12.2 Å². The lowest BCUT2D eigenvalue weighted by atomic mass is 10.1. The van der Waals surface area contributed by atoms with Crippen molar-refractivity contribution in [2.45, 2.75) is 39.5 Å². The average molecular weight is 206 g/mol. The van der Waals surface area contributed by atoms with Gasteiger partial charge in [-0.15, -0.1) is 0 Å². The molecule has 82 valence electrons. The van der Waals surface area contributed by atoms with Gasteiger partial charge in [0.05, 0.1) is 0 Å². The van der Waals surface area contributed by atoms with Crippen molar-refractivity contribution in [1.29, 1.82) is 0 Å². The van der Waals surface area contributed by atoms with E-state index in [9.17, 15) is 4.79 Å². The van der Waals surface area contributed by atoms with Gasteiger partial charge in [0.25, 0.3) is 0 Å². The third kappa shape index (κ3) is 4.15. The van der Waals surface area contributed by atoms with Crippen LogP contribution in [-0.4, -0.2) is 5.97 Å². The zero-order valence-corrected chi connectivity index (χ0v) is 9.45. The van der Waals surface area contributed by atoms with Crippen molar-refractivity contribution < 1.29 is 9.53 Å². The Morgan fingerprint density at radius 2 is 2.07 bits per heavy atom. The molecular formula is C13H18O2. The number of ether oxygens (including phenoxy) is 1. The SMILES string of the molecule is CCCC(=O)Oc1cccc(CCC)c1. The largest absolute Gasteiger partial charge is 0.427 e. The van der Waals surface area contributed by atoms with Crippen LogP contribution in [0.4, 0.5) is 0 Å². The van der Waals surface area contributed by atoms with E-state index in [1.807, 2.05) is 25.1 Å². The Kier molecular flexibility index (Phi) is 4.88. The summed E-state index contributed by atoms with van der Waals surface area (Å²) in [6.07, 6.45) is 3.44. The van der Waals surface area contributed by atoms with Crippen LogP contribution in [0.2, 0.25) is 0 Å². The first-order valence-electron chi connectivity index (χ1n) is 5.56. The number of hydrogen-bond donors (Lipinski definition) is 0. The summed E-state index contributed by atoms with van der Waals surface area (Å²) in [6, 6.07) is 7.75. The van der Waals surface area contributed by atoms with E-state index in [2.05, 4.69) is 13.0 Å². The van der Waals surface area contributed by atoms with Gasteiger partial charge in [-0.3, -0.25) is 4.79 Å². The molecule has 0 spiro atoms. The fourth-order valence-electron chi connectivity index (χ4n) is 1.44. The normalized spacial score (nSPS) is 10.0. The zero-order chi connectivity index (χ0) is 11.1. The molecule has 0 atom stereocenters. The van der Waals surface area contributed by atoms with Gasteiger partial charge in [-0.2, -0.15) is 0 Å². The molecule has 0 aromatic heterocycles.